The van der Waals surface area contributed by atoms with Gasteiger partial charge in [0, 0.05) is 25.6 Å². The number of hydrogen-bond donors (Lipinski definition) is 1. The summed E-state index contributed by atoms with van der Waals surface area (Å²) >= 11 is 2.67. The van der Waals surface area contributed by atoms with Gasteiger partial charge in [-0.05, 0) is 19.8 Å². The number of carbonyl (C=O) groups is 2. The predicted molar refractivity (Wildman–Crippen MR) is 98.0 cm³/mol. The van der Waals surface area contributed by atoms with E-state index in [1.807, 2.05) is 19.9 Å². The van der Waals surface area contributed by atoms with Crippen LogP contribution < -0.4 is 10.2 Å². The van der Waals surface area contributed by atoms with E-state index in [4.69, 9.17) is 0 Å². The third-order valence-corrected chi connectivity index (χ3v) is 5.74. The first-order valence-electron chi connectivity index (χ1n) is 8.06. The van der Waals surface area contributed by atoms with Crippen LogP contribution in [0, 0.1) is 6.92 Å². The van der Waals surface area contributed by atoms with Crippen molar-refractivity contribution in [2.24, 2.45) is 7.05 Å². The highest BCUT2D eigenvalue weighted by molar-refractivity contribution is 8.01. The first kappa shape index (κ1) is 17.9. The maximum absolute atomic E-state index is 12.1. The average Bonchev–Trinajstić information content (AvgIpc) is 3.20. The van der Waals surface area contributed by atoms with Crippen LogP contribution in [0.25, 0.3) is 0 Å². The Balaban J connectivity index is 1.57. The molecule has 0 bridgehead atoms. The zero-order valence-corrected chi connectivity index (χ0v) is 16.0. The summed E-state index contributed by atoms with van der Waals surface area (Å²) in [7, 11) is 1.78. The third kappa shape index (κ3) is 4.37. The standard InChI is InChI=1S/C15H20N6O2S2/c1-4-13(23)21(10-5-6-10)14-17-18-15(25-14)24-8-12(22)16-11-7-9(2)19-20(11)3/h7,10H,4-6,8H2,1-3H3,(H,16,22). The van der Waals surface area contributed by atoms with Crippen LogP contribution in [0.15, 0.2) is 10.4 Å². The molecule has 0 unspecified atom stereocenters. The molecule has 0 saturated heterocycles. The van der Waals surface area contributed by atoms with Crippen molar-refractivity contribution in [3.05, 3.63) is 11.8 Å². The second kappa shape index (κ2) is 7.52. The SMILES string of the molecule is CCC(=O)N(c1nnc(SCC(=O)Nc2cc(C)nn2C)s1)C1CC1. The van der Waals surface area contributed by atoms with Gasteiger partial charge in [-0.25, -0.2) is 0 Å². The second-order valence-electron chi connectivity index (χ2n) is 5.83. The van der Waals surface area contributed by atoms with Gasteiger partial charge in [-0.3, -0.25) is 19.2 Å². The lowest BCUT2D eigenvalue weighted by molar-refractivity contribution is -0.118. The monoisotopic (exact) mass is 380 g/mol. The Kier molecular flexibility index (Phi) is 5.38. The van der Waals surface area contributed by atoms with Crippen molar-refractivity contribution in [1.82, 2.24) is 20.0 Å². The molecule has 2 heterocycles. The summed E-state index contributed by atoms with van der Waals surface area (Å²) < 4.78 is 2.31. The summed E-state index contributed by atoms with van der Waals surface area (Å²) in [5.74, 6) is 0.826. The Morgan fingerprint density at radius 1 is 1.44 bits per heavy atom. The van der Waals surface area contributed by atoms with Crippen LogP contribution in [0.3, 0.4) is 0 Å². The molecular weight excluding hydrogens is 360 g/mol. The Morgan fingerprint density at radius 3 is 2.80 bits per heavy atom. The molecule has 2 aromatic heterocycles. The van der Waals surface area contributed by atoms with Gasteiger partial charge in [-0.15, -0.1) is 10.2 Å². The number of hydrogen-bond acceptors (Lipinski definition) is 7. The molecule has 10 heteroatoms. The maximum atomic E-state index is 12.1. The number of rotatable bonds is 7. The lowest BCUT2D eigenvalue weighted by Gasteiger charge is -2.17. The third-order valence-electron chi connectivity index (χ3n) is 3.68. The molecule has 1 aliphatic carbocycles. The summed E-state index contributed by atoms with van der Waals surface area (Å²) in [4.78, 5) is 25.9. The van der Waals surface area contributed by atoms with Crippen molar-refractivity contribution < 1.29 is 9.59 Å². The van der Waals surface area contributed by atoms with Gasteiger partial charge in [0.25, 0.3) is 0 Å². The minimum atomic E-state index is -0.131. The summed E-state index contributed by atoms with van der Waals surface area (Å²) in [6.45, 7) is 3.72. The van der Waals surface area contributed by atoms with Crippen molar-refractivity contribution in [3.8, 4) is 0 Å². The molecule has 0 aromatic carbocycles. The molecule has 1 N–H and O–H groups in total. The van der Waals surface area contributed by atoms with Crippen molar-refractivity contribution in [3.63, 3.8) is 0 Å². The molecule has 1 aliphatic rings. The van der Waals surface area contributed by atoms with E-state index in [-0.39, 0.29) is 23.6 Å². The van der Waals surface area contributed by atoms with E-state index in [0.717, 1.165) is 18.5 Å². The van der Waals surface area contributed by atoms with Gasteiger partial charge in [0.05, 0.1) is 11.4 Å². The zero-order chi connectivity index (χ0) is 18.0. The first-order valence-corrected chi connectivity index (χ1v) is 9.87. The van der Waals surface area contributed by atoms with Crippen LogP contribution in [-0.2, 0) is 16.6 Å². The molecule has 3 rings (SSSR count). The van der Waals surface area contributed by atoms with E-state index < -0.39 is 0 Å². The molecule has 134 valence electrons. The van der Waals surface area contributed by atoms with Gasteiger partial charge in [0.2, 0.25) is 16.9 Å². The average molecular weight is 380 g/mol. The molecule has 8 nitrogen and oxygen atoms in total. The number of carbonyl (C=O) groups excluding carboxylic acids is 2. The summed E-state index contributed by atoms with van der Waals surface area (Å²) in [6, 6.07) is 2.07. The van der Waals surface area contributed by atoms with Crippen molar-refractivity contribution >= 4 is 45.9 Å². The highest BCUT2D eigenvalue weighted by Gasteiger charge is 2.35. The maximum Gasteiger partial charge on any atom is 0.235 e. The Hall–Kier alpha value is -1.94. The van der Waals surface area contributed by atoms with Crippen LogP contribution in [0.5, 0.6) is 0 Å². The van der Waals surface area contributed by atoms with Gasteiger partial charge in [0.1, 0.15) is 5.82 Å². The minimum absolute atomic E-state index is 0.0690. The quantitative estimate of drug-likeness (QED) is 0.585. The Labute approximate surface area is 154 Å². The topological polar surface area (TPSA) is 93.0 Å². The summed E-state index contributed by atoms with van der Waals surface area (Å²) in [5, 5.41) is 15.9. The molecule has 2 amide bonds. The van der Waals surface area contributed by atoms with Crippen molar-refractivity contribution in [2.45, 2.75) is 43.5 Å². The van der Waals surface area contributed by atoms with E-state index in [1.54, 1.807) is 16.6 Å². The molecule has 0 atom stereocenters. The predicted octanol–water partition coefficient (Wildman–Crippen LogP) is 2.22. The fourth-order valence-electron chi connectivity index (χ4n) is 2.36. The van der Waals surface area contributed by atoms with Gasteiger partial charge < -0.3 is 5.32 Å². The molecule has 0 radical (unpaired) electrons. The molecule has 0 aliphatic heterocycles. The fraction of sp³-hybridized carbons (Fsp3) is 0.533. The highest BCUT2D eigenvalue weighted by Crippen LogP contribution is 2.36. The molecule has 1 fully saturated rings. The second-order valence-corrected chi connectivity index (χ2v) is 8.01. The van der Waals surface area contributed by atoms with Crippen molar-refractivity contribution in [1.29, 1.82) is 0 Å². The van der Waals surface area contributed by atoms with E-state index in [1.165, 1.54) is 23.1 Å². The normalized spacial score (nSPS) is 13.7. The number of anilines is 2. The number of thioether (sulfide) groups is 1. The smallest absolute Gasteiger partial charge is 0.235 e. The summed E-state index contributed by atoms with van der Waals surface area (Å²) in [5.41, 5.74) is 0.847. The van der Waals surface area contributed by atoms with Crippen LogP contribution in [0.1, 0.15) is 31.9 Å². The van der Waals surface area contributed by atoms with Gasteiger partial charge in [-0.2, -0.15) is 5.10 Å². The van der Waals surface area contributed by atoms with E-state index in [9.17, 15) is 9.59 Å². The van der Waals surface area contributed by atoms with Gasteiger partial charge in [-0.1, -0.05) is 30.0 Å². The van der Waals surface area contributed by atoms with E-state index in [0.29, 0.717) is 21.7 Å². The lowest BCUT2D eigenvalue weighted by atomic mass is 10.4. The molecular formula is C15H20N6O2S2. The minimum Gasteiger partial charge on any atom is -0.310 e. The zero-order valence-electron chi connectivity index (χ0n) is 14.4. The van der Waals surface area contributed by atoms with E-state index in [2.05, 4.69) is 20.6 Å². The number of nitrogens with one attached hydrogen (secondary N) is 1. The Morgan fingerprint density at radius 2 is 2.20 bits per heavy atom. The van der Waals surface area contributed by atoms with Crippen molar-refractivity contribution in [2.75, 3.05) is 16.0 Å². The van der Waals surface area contributed by atoms with Crippen LogP contribution in [0.4, 0.5) is 10.9 Å². The van der Waals surface area contributed by atoms with E-state index >= 15 is 0 Å². The van der Waals surface area contributed by atoms with Gasteiger partial charge >= 0.3 is 0 Å². The van der Waals surface area contributed by atoms with Crippen LogP contribution in [-0.4, -0.2) is 43.6 Å². The molecule has 0 spiro atoms. The Bertz CT molecular complexity index is 783. The number of aromatic nitrogens is 4. The molecule has 25 heavy (non-hydrogen) atoms. The van der Waals surface area contributed by atoms with Crippen LogP contribution in [0.2, 0.25) is 0 Å². The number of nitrogens with zero attached hydrogens (tertiary/aromatic N) is 5. The highest BCUT2D eigenvalue weighted by atomic mass is 32.2. The van der Waals surface area contributed by atoms with Gasteiger partial charge in [0.15, 0.2) is 4.34 Å². The largest absolute Gasteiger partial charge is 0.310 e. The lowest BCUT2D eigenvalue weighted by Crippen LogP contribution is -2.32. The number of aryl methyl sites for hydroxylation is 2. The number of amides is 2. The van der Waals surface area contributed by atoms with Crippen LogP contribution >= 0.6 is 23.1 Å². The first-order chi connectivity index (χ1) is 12.0. The summed E-state index contributed by atoms with van der Waals surface area (Å²) in [6.07, 6.45) is 2.48. The molecule has 2 aromatic rings. The fourth-order valence-corrected chi connectivity index (χ4v) is 4.09. The molecule has 1 saturated carbocycles.